The van der Waals surface area contributed by atoms with Gasteiger partial charge in [-0.1, -0.05) is 45.4 Å². The predicted octanol–water partition coefficient (Wildman–Crippen LogP) is 2.37. The van der Waals surface area contributed by atoms with Gasteiger partial charge in [0.1, 0.15) is 0 Å². The molecule has 0 aromatic heterocycles. The molecule has 0 atom stereocenters. The zero-order valence-corrected chi connectivity index (χ0v) is 10.7. The van der Waals surface area contributed by atoms with Crippen molar-refractivity contribution in [1.29, 1.82) is 0 Å². The quantitative estimate of drug-likeness (QED) is 0.457. The first kappa shape index (κ1) is 18.8. The Kier molecular flexibility index (Phi) is 14.0. The molecule has 0 aliphatic heterocycles. The van der Waals surface area contributed by atoms with Crippen LogP contribution >= 0.6 is 0 Å². The molecule has 0 aliphatic rings. The van der Waals surface area contributed by atoms with Crippen LogP contribution < -0.4 is 0 Å². The minimum atomic E-state index is -1.82. The second-order valence-corrected chi connectivity index (χ2v) is 3.88. The molecule has 0 radical (unpaired) electrons. The third-order valence-corrected chi connectivity index (χ3v) is 2.18. The van der Waals surface area contributed by atoms with Gasteiger partial charge in [0.15, 0.2) is 0 Å². The number of carbonyl (C=O) groups is 3. The standard InChI is InChI=1S/C10H20O2.C2H2O4/c1-2-3-4-5-6-7-8-9-10(11)12;3-1(4)2(5)6/h2-9H2,1H3,(H,11,12);(H,3,4)(H,5,6). The van der Waals surface area contributed by atoms with Gasteiger partial charge in [0, 0.05) is 6.42 Å². The molecular weight excluding hydrogens is 240 g/mol. The molecule has 0 heterocycles. The highest BCUT2D eigenvalue weighted by Gasteiger charge is 2.04. The molecule has 0 saturated heterocycles. The molecule has 0 rings (SSSR count). The van der Waals surface area contributed by atoms with Gasteiger partial charge in [-0.3, -0.25) is 4.79 Å². The summed E-state index contributed by atoms with van der Waals surface area (Å²) in [5.41, 5.74) is 0. The lowest BCUT2D eigenvalue weighted by Gasteiger charge is -1.98. The average Bonchev–Trinajstić information content (AvgIpc) is 2.28. The molecule has 0 spiro atoms. The van der Waals surface area contributed by atoms with Crippen LogP contribution in [-0.4, -0.2) is 33.2 Å². The maximum Gasteiger partial charge on any atom is 0.414 e. The van der Waals surface area contributed by atoms with E-state index in [1.54, 1.807) is 0 Å². The Hall–Kier alpha value is -1.59. The average molecular weight is 262 g/mol. The topological polar surface area (TPSA) is 112 Å². The Balaban J connectivity index is 0. The Morgan fingerprint density at radius 2 is 1.11 bits per heavy atom. The van der Waals surface area contributed by atoms with Gasteiger partial charge in [-0.05, 0) is 6.42 Å². The Bertz CT molecular complexity index is 237. The van der Waals surface area contributed by atoms with E-state index in [0.717, 1.165) is 12.8 Å². The van der Waals surface area contributed by atoms with Crippen molar-refractivity contribution < 1.29 is 29.7 Å². The van der Waals surface area contributed by atoms with Crippen molar-refractivity contribution in [2.24, 2.45) is 0 Å². The van der Waals surface area contributed by atoms with Gasteiger partial charge >= 0.3 is 17.9 Å². The zero-order valence-electron chi connectivity index (χ0n) is 10.7. The predicted molar refractivity (Wildman–Crippen MR) is 65.5 cm³/mol. The monoisotopic (exact) mass is 262 g/mol. The van der Waals surface area contributed by atoms with Crippen LogP contribution in [0.1, 0.15) is 58.3 Å². The van der Waals surface area contributed by atoms with Crippen LogP contribution in [0.25, 0.3) is 0 Å². The smallest absolute Gasteiger partial charge is 0.414 e. The first-order chi connectivity index (χ1) is 8.41. The van der Waals surface area contributed by atoms with Crippen LogP contribution in [0, 0.1) is 0 Å². The number of carboxylic acid groups (broad SMARTS) is 3. The number of rotatable bonds is 8. The fraction of sp³-hybridized carbons (Fsp3) is 0.750. The van der Waals surface area contributed by atoms with Crippen molar-refractivity contribution in [3.63, 3.8) is 0 Å². The summed E-state index contributed by atoms with van der Waals surface area (Å²) in [4.78, 5) is 28.3. The minimum Gasteiger partial charge on any atom is -0.481 e. The molecule has 0 aromatic rings. The summed E-state index contributed by atoms with van der Waals surface area (Å²) in [6.45, 7) is 2.20. The van der Waals surface area contributed by atoms with E-state index in [1.165, 1.54) is 32.1 Å². The van der Waals surface area contributed by atoms with Crippen molar-refractivity contribution in [2.45, 2.75) is 58.3 Å². The Morgan fingerprint density at radius 1 is 0.722 bits per heavy atom. The van der Waals surface area contributed by atoms with Gasteiger partial charge < -0.3 is 15.3 Å². The molecule has 0 aromatic carbocycles. The number of hydrogen-bond donors (Lipinski definition) is 3. The molecule has 6 heteroatoms. The highest BCUT2D eigenvalue weighted by Crippen LogP contribution is 2.07. The summed E-state index contributed by atoms with van der Waals surface area (Å²) in [6, 6.07) is 0. The lowest BCUT2D eigenvalue weighted by Crippen LogP contribution is -2.09. The second kappa shape index (κ2) is 13.5. The number of hydrogen-bond acceptors (Lipinski definition) is 3. The Morgan fingerprint density at radius 3 is 1.44 bits per heavy atom. The fourth-order valence-corrected chi connectivity index (χ4v) is 1.23. The minimum absolute atomic E-state index is 0.341. The molecule has 3 N–H and O–H groups in total. The highest BCUT2D eigenvalue weighted by molar-refractivity contribution is 6.27. The third-order valence-electron chi connectivity index (χ3n) is 2.18. The van der Waals surface area contributed by atoms with Crippen LogP contribution in [0.3, 0.4) is 0 Å². The lowest BCUT2D eigenvalue weighted by atomic mass is 10.1. The van der Waals surface area contributed by atoms with E-state index < -0.39 is 17.9 Å². The first-order valence-corrected chi connectivity index (χ1v) is 6.09. The number of aliphatic carboxylic acids is 3. The molecule has 0 bridgehead atoms. The van der Waals surface area contributed by atoms with Crippen molar-refractivity contribution in [2.75, 3.05) is 0 Å². The van der Waals surface area contributed by atoms with Crippen LogP contribution in [0.15, 0.2) is 0 Å². The van der Waals surface area contributed by atoms with Gasteiger partial charge in [0.2, 0.25) is 0 Å². The van der Waals surface area contributed by atoms with E-state index in [4.69, 9.17) is 24.9 Å². The maximum atomic E-state index is 10.1. The van der Waals surface area contributed by atoms with Crippen molar-refractivity contribution in [3.05, 3.63) is 0 Å². The molecule has 18 heavy (non-hydrogen) atoms. The van der Waals surface area contributed by atoms with Gasteiger partial charge in [-0.15, -0.1) is 0 Å². The van der Waals surface area contributed by atoms with E-state index in [0.29, 0.717) is 6.42 Å². The maximum absolute atomic E-state index is 10.1. The third kappa shape index (κ3) is 19.9. The highest BCUT2D eigenvalue weighted by atomic mass is 16.4. The van der Waals surface area contributed by atoms with Crippen molar-refractivity contribution in [1.82, 2.24) is 0 Å². The molecular formula is C12H22O6. The van der Waals surface area contributed by atoms with E-state index in [9.17, 15) is 4.79 Å². The molecule has 6 nitrogen and oxygen atoms in total. The molecule has 0 unspecified atom stereocenters. The molecule has 0 saturated carbocycles. The van der Waals surface area contributed by atoms with Crippen LogP contribution in [0.4, 0.5) is 0 Å². The largest absolute Gasteiger partial charge is 0.481 e. The molecule has 106 valence electrons. The first-order valence-electron chi connectivity index (χ1n) is 6.09. The van der Waals surface area contributed by atoms with Crippen molar-refractivity contribution >= 4 is 17.9 Å². The van der Waals surface area contributed by atoms with Gasteiger partial charge in [-0.2, -0.15) is 0 Å². The number of carboxylic acids is 3. The number of unbranched alkanes of at least 4 members (excludes halogenated alkanes) is 6. The van der Waals surface area contributed by atoms with E-state index in [-0.39, 0.29) is 0 Å². The fourth-order valence-electron chi connectivity index (χ4n) is 1.23. The summed E-state index contributed by atoms with van der Waals surface area (Å²) >= 11 is 0. The van der Waals surface area contributed by atoms with Crippen LogP contribution in [0.2, 0.25) is 0 Å². The Labute approximate surface area is 107 Å². The molecule has 0 fully saturated rings. The van der Waals surface area contributed by atoms with Gasteiger partial charge in [-0.25, -0.2) is 9.59 Å². The second-order valence-electron chi connectivity index (χ2n) is 3.88. The normalized spacial score (nSPS) is 9.17. The SMILES string of the molecule is CCCCCCCCCC(=O)O.O=C(O)C(=O)O. The summed E-state index contributed by atoms with van der Waals surface area (Å²) < 4.78 is 0. The van der Waals surface area contributed by atoms with Crippen LogP contribution in [0.5, 0.6) is 0 Å². The summed E-state index contributed by atoms with van der Waals surface area (Å²) in [6.07, 6.45) is 8.64. The summed E-state index contributed by atoms with van der Waals surface area (Å²) in [5.74, 6) is -4.31. The van der Waals surface area contributed by atoms with E-state index in [2.05, 4.69) is 6.92 Å². The summed E-state index contributed by atoms with van der Waals surface area (Å²) in [7, 11) is 0. The van der Waals surface area contributed by atoms with Gasteiger partial charge in [0.25, 0.3) is 0 Å². The zero-order chi connectivity index (χ0) is 14.4. The molecule has 0 amide bonds. The summed E-state index contributed by atoms with van der Waals surface area (Å²) in [5, 5.41) is 23.1. The van der Waals surface area contributed by atoms with Gasteiger partial charge in [0.05, 0.1) is 0 Å². The molecule has 0 aliphatic carbocycles. The van der Waals surface area contributed by atoms with Crippen molar-refractivity contribution in [3.8, 4) is 0 Å². The van der Waals surface area contributed by atoms with E-state index in [1.807, 2.05) is 0 Å². The van der Waals surface area contributed by atoms with Crippen LogP contribution in [-0.2, 0) is 14.4 Å². The lowest BCUT2D eigenvalue weighted by molar-refractivity contribution is -0.159. The van der Waals surface area contributed by atoms with E-state index >= 15 is 0 Å².